The minimum atomic E-state index is 1.34. The van der Waals surface area contributed by atoms with E-state index >= 15 is 0 Å². The molecule has 1 heterocycles. The number of fused-ring (bicyclic) bond motifs is 1. The van der Waals surface area contributed by atoms with Gasteiger partial charge in [-0.05, 0) is 56.9 Å². The molecule has 1 aliphatic rings. The van der Waals surface area contributed by atoms with Gasteiger partial charge < -0.3 is 4.90 Å². The van der Waals surface area contributed by atoms with Gasteiger partial charge in [0.1, 0.15) is 0 Å². The number of hydrogen-bond donors (Lipinski definition) is 0. The Bertz CT molecular complexity index is 486. The van der Waals surface area contributed by atoms with Gasteiger partial charge in [0.25, 0.3) is 0 Å². The number of rotatable bonds is 0. The summed E-state index contributed by atoms with van der Waals surface area (Å²) in [6.07, 6.45) is 2.19. The van der Waals surface area contributed by atoms with Crippen molar-refractivity contribution in [2.75, 3.05) is 11.9 Å². The van der Waals surface area contributed by atoms with E-state index in [1.165, 1.54) is 37.9 Å². The molecule has 0 aliphatic carbocycles. The monoisotopic (exact) mass is 233 g/mol. The molecule has 86 valence electrons. The topological polar surface area (TPSA) is 3.24 Å². The van der Waals surface area contributed by atoms with Crippen molar-refractivity contribution in [1.82, 2.24) is 0 Å². The first kappa shape index (κ1) is 11.6. The Labute approximate surface area is 103 Å². The SMILES string of the molecule is C/C=C1\Sc2c(C)c(C)c(C)c(C)c2N1C. The Morgan fingerprint density at radius 2 is 1.50 bits per heavy atom. The first-order valence-corrected chi connectivity index (χ1v) is 6.49. The van der Waals surface area contributed by atoms with Gasteiger partial charge >= 0.3 is 0 Å². The molecule has 0 saturated carbocycles. The summed E-state index contributed by atoms with van der Waals surface area (Å²) in [5, 5.41) is 1.34. The van der Waals surface area contributed by atoms with Crippen LogP contribution in [0.15, 0.2) is 16.0 Å². The van der Waals surface area contributed by atoms with Crippen LogP contribution in [-0.4, -0.2) is 7.05 Å². The number of allylic oxidation sites excluding steroid dienone is 1. The molecule has 0 bridgehead atoms. The number of anilines is 1. The smallest absolute Gasteiger partial charge is 0.0755 e. The van der Waals surface area contributed by atoms with Gasteiger partial charge in [0, 0.05) is 11.9 Å². The van der Waals surface area contributed by atoms with Crippen molar-refractivity contribution in [3.8, 4) is 0 Å². The highest BCUT2D eigenvalue weighted by Gasteiger charge is 2.27. The summed E-state index contributed by atoms with van der Waals surface area (Å²) in [7, 11) is 2.16. The van der Waals surface area contributed by atoms with E-state index in [4.69, 9.17) is 0 Å². The van der Waals surface area contributed by atoms with E-state index in [1.807, 2.05) is 11.8 Å². The van der Waals surface area contributed by atoms with Gasteiger partial charge in [-0.3, -0.25) is 0 Å². The van der Waals surface area contributed by atoms with E-state index in [0.29, 0.717) is 0 Å². The van der Waals surface area contributed by atoms with Crippen molar-refractivity contribution in [2.24, 2.45) is 0 Å². The van der Waals surface area contributed by atoms with Crippen LogP contribution in [0.5, 0.6) is 0 Å². The van der Waals surface area contributed by atoms with Gasteiger partial charge in [0.15, 0.2) is 0 Å². The van der Waals surface area contributed by atoms with Crippen LogP contribution in [0.1, 0.15) is 29.2 Å². The van der Waals surface area contributed by atoms with E-state index < -0.39 is 0 Å². The van der Waals surface area contributed by atoms with Crippen LogP contribution in [0, 0.1) is 27.7 Å². The summed E-state index contributed by atoms with van der Waals surface area (Å²) in [5.74, 6) is 0. The zero-order valence-corrected chi connectivity index (χ0v) is 11.7. The van der Waals surface area contributed by atoms with Crippen LogP contribution in [0.3, 0.4) is 0 Å². The van der Waals surface area contributed by atoms with Crippen molar-refractivity contribution in [1.29, 1.82) is 0 Å². The zero-order chi connectivity index (χ0) is 12.0. The van der Waals surface area contributed by atoms with E-state index in [2.05, 4.69) is 52.6 Å². The lowest BCUT2D eigenvalue weighted by atomic mass is 9.97. The number of benzene rings is 1. The Balaban J connectivity index is 2.76. The van der Waals surface area contributed by atoms with Crippen LogP contribution >= 0.6 is 11.8 Å². The quantitative estimate of drug-likeness (QED) is 0.656. The average Bonchev–Trinajstić information content (AvgIpc) is 2.61. The first-order valence-electron chi connectivity index (χ1n) is 5.67. The molecule has 0 N–H and O–H groups in total. The lowest BCUT2D eigenvalue weighted by Gasteiger charge is -2.19. The highest BCUT2D eigenvalue weighted by atomic mass is 32.2. The normalized spacial score (nSPS) is 17.1. The zero-order valence-electron chi connectivity index (χ0n) is 10.9. The molecule has 2 heteroatoms. The van der Waals surface area contributed by atoms with Gasteiger partial charge in [-0.1, -0.05) is 17.8 Å². The summed E-state index contributed by atoms with van der Waals surface area (Å²) < 4.78 is 0. The van der Waals surface area contributed by atoms with Gasteiger partial charge in [-0.25, -0.2) is 0 Å². The molecule has 2 rings (SSSR count). The third kappa shape index (κ3) is 1.40. The van der Waals surface area contributed by atoms with Crippen LogP contribution in [0.25, 0.3) is 0 Å². The molecule has 1 aromatic carbocycles. The highest BCUT2D eigenvalue weighted by Crippen LogP contribution is 2.50. The second-order valence-electron chi connectivity index (χ2n) is 4.47. The Morgan fingerprint density at radius 1 is 0.938 bits per heavy atom. The molecule has 16 heavy (non-hydrogen) atoms. The molecule has 0 amide bonds. The molecule has 1 nitrogen and oxygen atoms in total. The molecule has 0 spiro atoms. The molecule has 0 atom stereocenters. The second kappa shape index (κ2) is 3.85. The summed E-state index contributed by atoms with van der Waals surface area (Å²) >= 11 is 1.89. The molecule has 0 saturated heterocycles. The lowest BCUT2D eigenvalue weighted by molar-refractivity contribution is 1.09. The summed E-state index contributed by atoms with van der Waals surface area (Å²) in [6, 6.07) is 0. The maximum absolute atomic E-state index is 2.31. The fourth-order valence-corrected chi connectivity index (χ4v) is 3.57. The standard InChI is InChI=1S/C14H19NS/c1-7-12-15(6)13-10(4)8(2)9(3)11(5)14(13)16-12/h7H,1-6H3/b12-7-. The number of nitrogens with zero attached hydrogens (tertiary/aromatic N) is 1. The first-order chi connectivity index (χ1) is 7.49. The number of thioether (sulfide) groups is 1. The van der Waals surface area contributed by atoms with Crippen LogP contribution in [0.2, 0.25) is 0 Å². The van der Waals surface area contributed by atoms with E-state index in [-0.39, 0.29) is 0 Å². The van der Waals surface area contributed by atoms with Crippen molar-refractivity contribution < 1.29 is 0 Å². The minimum absolute atomic E-state index is 1.34. The maximum Gasteiger partial charge on any atom is 0.0755 e. The summed E-state index contributed by atoms with van der Waals surface area (Å²) in [5.41, 5.74) is 7.13. The Morgan fingerprint density at radius 3 is 2.06 bits per heavy atom. The summed E-state index contributed by atoms with van der Waals surface area (Å²) in [6.45, 7) is 11.0. The van der Waals surface area contributed by atoms with Crippen molar-refractivity contribution in [3.63, 3.8) is 0 Å². The van der Waals surface area contributed by atoms with Crippen LogP contribution in [-0.2, 0) is 0 Å². The van der Waals surface area contributed by atoms with Crippen LogP contribution in [0.4, 0.5) is 5.69 Å². The lowest BCUT2D eigenvalue weighted by Crippen LogP contribution is -2.11. The average molecular weight is 233 g/mol. The largest absolute Gasteiger partial charge is 0.338 e. The molecule has 1 aromatic rings. The molecule has 0 radical (unpaired) electrons. The van der Waals surface area contributed by atoms with E-state index in [0.717, 1.165) is 0 Å². The van der Waals surface area contributed by atoms with Gasteiger partial charge in [-0.2, -0.15) is 0 Å². The van der Waals surface area contributed by atoms with Crippen molar-refractivity contribution in [3.05, 3.63) is 33.4 Å². The molecule has 0 fully saturated rings. The molecule has 0 aromatic heterocycles. The van der Waals surface area contributed by atoms with Crippen molar-refractivity contribution >= 4 is 17.4 Å². The predicted molar refractivity (Wildman–Crippen MR) is 73.4 cm³/mol. The molecular formula is C14H19NS. The van der Waals surface area contributed by atoms with Gasteiger partial charge in [0.05, 0.1) is 10.7 Å². The van der Waals surface area contributed by atoms with E-state index in [9.17, 15) is 0 Å². The second-order valence-corrected chi connectivity index (χ2v) is 5.50. The van der Waals surface area contributed by atoms with Crippen molar-refractivity contribution in [2.45, 2.75) is 39.5 Å². The third-order valence-corrected chi connectivity index (χ3v) is 5.14. The molecular weight excluding hydrogens is 214 g/mol. The molecule has 0 unspecified atom stereocenters. The van der Waals surface area contributed by atoms with Crippen LogP contribution < -0.4 is 4.90 Å². The Hall–Kier alpha value is -0.890. The Kier molecular flexibility index (Phi) is 2.79. The van der Waals surface area contributed by atoms with Gasteiger partial charge in [-0.15, -0.1) is 0 Å². The number of hydrogen-bond acceptors (Lipinski definition) is 2. The summed E-state index contributed by atoms with van der Waals surface area (Å²) in [4.78, 5) is 3.76. The van der Waals surface area contributed by atoms with Gasteiger partial charge in [0.2, 0.25) is 0 Å². The minimum Gasteiger partial charge on any atom is -0.338 e. The maximum atomic E-state index is 2.31. The third-order valence-electron chi connectivity index (χ3n) is 3.72. The van der Waals surface area contributed by atoms with E-state index in [1.54, 1.807) is 0 Å². The highest BCUT2D eigenvalue weighted by molar-refractivity contribution is 8.03. The fraction of sp³-hybridized carbons (Fsp3) is 0.429. The molecule has 1 aliphatic heterocycles. The predicted octanol–water partition coefficient (Wildman–Crippen LogP) is 4.32. The fourth-order valence-electron chi connectivity index (χ4n) is 2.32.